The molecule has 218 valence electrons. The number of aliphatic hydroxyl groups excluding tert-OH is 4. The van der Waals surface area contributed by atoms with Crippen LogP contribution in [0.2, 0.25) is 0 Å². The first kappa shape index (κ1) is 27.8. The second kappa shape index (κ2) is 9.61. The van der Waals surface area contributed by atoms with Gasteiger partial charge in [0.15, 0.2) is 6.29 Å². The summed E-state index contributed by atoms with van der Waals surface area (Å²) in [6.07, 6.45) is 1.36. The normalized spacial score (nSPS) is 53.5. The minimum Gasteiger partial charge on any atom is -0.431 e. The number of rotatable bonds is 3. The first-order valence-corrected chi connectivity index (χ1v) is 14.7. The molecular formula is C30H44O9. The Bertz CT molecular complexity index is 1100. The highest BCUT2D eigenvalue weighted by Gasteiger charge is 2.69. The van der Waals surface area contributed by atoms with Gasteiger partial charge in [-0.05, 0) is 99.0 Å². The smallest absolute Gasteiger partial charge is 0.335 e. The molecule has 0 spiro atoms. The number of fused-ring (bicyclic) bond motifs is 5. The predicted molar refractivity (Wildman–Crippen MR) is 140 cm³/mol. The molecule has 1 aliphatic heterocycles. The fourth-order valence-corrected chi connectivity index (χ4v) is 9.83. The predicted octanol–water partition coefficient (Wildman–Crippen LogP) is 2.06. The minimum absolute atomic E-state index is 0.00953. The van der Waals surface area contributed by atoms with Crippen LogP contribution in [-0.4, -0.2) is 74.0 Å². The van der Waals surface area contributed by atoms with Crippen molar-refractivity contribution in [2.45, 2.75) is 127 Å². The van der Waals surface area contributed by atoms with Crippen molar-refractivity contribution in [3.8, 4) is 0 Å². The summed E-state index contributed by atoms with van der Waals surface area (Å²) in [7, 11) is 0. The lowest BCUT2D eigenvalue weighted by Crippen LogP contribution is -2.66. The molecule has 14 atom stereocenters. The first-order chi connectivity index (χ1) is 18.4. The van der Waals surface area contributed by atoms with Gasteiger partial charge in [-0.15, -0.1) is 0 Å². The van der Waals surface area contributed by atoms with E-state index in [-0.39, 0.29) is 40.8 Å². The number of hydrogen-bond acceptors (Lipinski definition) is 9. The molecule has 0 amide bonds. The van der Waals surface area contributed by atoms with Crippen molar-refractivity contribution in [3.63, 3.8) is 0 Å². The Morgan fingerprint density at radius 1 is 0.974 bits per heavy atom. The van der Waals surface area contributed by atoms with E-state index < -0.39 is 47.8 Å². The molecule has 5 aliphatic rings. The maximum Gasteiger partial charge on any atom is 0.335 e. The van der Waals surface area contributed by atoms with Crippen LogP contribution in [0.4, 0.5) is 0 Å². The second-order valence-corrected chi connectivity index (χ2v) is 13.7. The van der Waals surface area contributed by atoms with Crippen LogP contribution in [0.1, 0.15) is 83.6 Å². The third-order valence-corrected chi connectivity index (χ3v) is 12.0. The lowest BCUT2D eigenvalue weighted by Gasteiger charge is -2.65. The highest BCUT2D eigenvalue weighted by Crippen LogP contribution is 2.70. The van der Waals surface area contributed by atoms with Gasteiger partial charge in [0.05, 0.1) is 30.2 Å². The van der Waals surface area contributed by atoms with Gasteiger partial charge in [-0.3, -0.25) is 0 Å². The van der Waals surface area contributed by atoms with Gasteiger partial charge in [-0.2, -0.15) is 0 Å². The van der Waals surface area contributed by atoms with Gasteiger partial charge < -0.3 is 39.4 Å². The summed E-state index contributed by atoms with van der Waals surface area (Å²) in [5.41, 5.74) is -1.07. The molecule has 1 aromatic heterocycles. The van der Waals surface area contributed by atoms with E-state index in [9.17, 15) is 30.3 Å². The van der Waals surface area contributed by atoms with Gasteiger partial charge in [0.1, 0.15) is 18.3 Å². The van der Waals surface area contributed by atoms with E-state index in [1.54, 1.807) is 13.0 Å². The van der Waals surface area contributed by atoms with Crippen molar-refractivity contribution in [2.75, 3.05) is 0 Å². The molecule has 9 heteroatoms. The third kappa shape index (κ3) is 4.10. The van der Waals surface area contributed by atoms with Crippen LogP contribution in [0.15, 0.2) is 27.6 Å². The molecule has 5 N–H and O–H groups in total. The standard InChI is InChI=1S/C30H44O9/c1-15-24(33)25(34)26(35)27(38-15)39-18-8-10-28(2)17(12-18)5-6-20-23(28)21(31)13-29(3)19(9-11-30(20,29)36)16-4-7-22(32)37-14-16/h4,7,14-15,17-21,23-27,31,33-36H,5-6,8-13H2,1-3H3/t15-,17?,18-,19+,20?,21+,23?,24-,25+,26+,27-,28-,29+,30-/m0/s1. The van der Waals surface area contributed by atoms with E-state index in [0.29, 0.717) is 12.8 Å². The van der Waals surface area contributed by atoms with E-state index in [4.69, 9.17) is 13.9 Å². The van der Waals surface area contributed by atoms with E-state index in [1.807, 2.05) is 0 Å². The second-order valence-electron chi connectivity index (χ2n) is 13.7. The zero-order chi connectivity index (χ0) is 27.9. The van der Waals surface area contributed by atoms with Crippen LogP contribution in [-0.2, 0) is 9.47 Å². The molecular weight excluding hydrogens is 504 g/mol. The van der Waals surface area contributed by atoms with E-state index >= 15 is 0 Å². The van der Waals surface area contributed by atoms with Gasteiger partial charge in [-0.25, -0.2) is 4.79 Å². The first-order valence-electron chi connectivity index (χ1n) is 14.7. The van der Waals surface area contributed by atoms with Gasteiger partial charge in [0.25, 0.3) is 0 Å². The zero-order valence-corrected chi connectivity index (χ0v) is 23.1. The van der Waals surface area contributed by atoms with Crippen LogP contribution in [0, 0.1) is 28.6 Å². The Hall–Kier alpha value is -1.33. The molecule has 1 aromatic rings. The summed E-state index contributed by atoms with van der Waals surface area (Å²) in [6.45, 7) is 6.03. The van der Waals surface area contributed by atoms with Crippen molar-refractivity contribution >= 4 is 0 Å². The molecule has 4 aliphatic carbocycles. The molecule has 2 heterocycles. The minimum atomic E-state index is -1.32. The van der Waals surface area contributed by atoms with Crippen LogP contribution < -0.4 is 5.63 Å². The molecule has 0 bridgehead atoms. The summed E-state index contributed by atoms with van der Waals surface area (Å²) in [4.78, 5) is 11.6. The van der Waals surface area contributed by atoms with Crippen LogP contribution in [0.3, 0.4) is 0 Å². The Balaban J connectivity index is 1.20. The maximum absolute atomic E-state index is 12.4. The number of aliphatic hydroxyl groups is 5. The molecule has 4 saturated carbocycles. The molecule has 1 saturated heterocycles. The molecule has 9 nitrogen and oxygen atoms in total. The SMILES string of the molecule is C[C@@H]1O[C@@H](O[C@H]2CC[C@@]3(C)C(CCC4C3[C@H](O)C[C@]3(C)[C@@H](c5ccc(=O)oc5)CC[C@]43O)C2)[C@H](O)[C@H](O)[C@H]1O. The van der Waals surface area contributed by atoms with Gasteiger partial charge in [-0.1, -0.05) is 13.8 Å². The van der Waals surface area contributed by atoms with Crippen molar-refractivity contribution in [3.05, 3.63) is 34.4 Å². The Morgan fingerprint density at radius 3 is 2.46 bits per heavy atom. The van der Waals surface area contributed by atoms with Crippen molar-refractivity contribution in [1.82, 2.24) is 0 Å². The lowest BCUT2D eigenvalue weighted by molar-refractivity contribution is -0.311. The summed E-state index contributed by atoms with van der Waals surface area (Å²) < 4.78 is 17.0. The van der Waals surface area contributed by atoms with Gasteiger partial charge in [0.2, 0.25) is 0 Å². The van der Waals surface area contributed by atoms with Crippen LogP contribution >= 0.6 is 0 Å². The Kier molecular flexibility index (Phi) is 6.86. The van der Waals surface area contributed by atoms with Crippen molar-refractivity contribution < 1.29 is 39.4 Å². The lowest BCUT2D eigenvalue weighted by atomic mass is 9.42. The summed E-state index contributed by atoms with van der Waals surface area (Å²) in [5, 5.41) is 54.8. The van der Waals surface area contributed by atoms with E-state index in [2.05, 4.69) is 13.8 Å². The fourth-order valence-electron chi connectivity index (χ4n) is 9.83. The van der Waals surface area contributed by atoms with Crippen molar-refractivity contribution in [1.29, 1.82) is 0 Å². The Labute approximate surface area is 229 Å². The Morgan fingerprint density at radius 2 is 1.74 bits per heavy atom. The molecule has 3 unspecified atom stereocenters. The van der Waals surface area contributed by atoms with Gasteiger partial charge in [0, 0.05) is 11.5 Å². The third-order valence-electron chi connectivity index (χ3n) is 12.0. The van der Waals surface area contributed by atoms with E-state index in [0.717, 1.165) is 44.1 Å². The number of ether oxygens (including phenoxy) is 2. The number of hydrogen-bond donors (Lipinski definition) is 5. The monoisotopic (exact) mass is 548 g/mol. The summed E-state index contributed by atoms with van der Waals surface area (Å²) in [5.74, 6) is 0.243. The van der Waals surface area contributed by atoms with Crippen LogP contribution in [0.25, 0.3) is 0 Å². The molecule has 0 aromatic carbocycles. The highest BCUT2D eigenvalue weighted by molar-refractivity contribution is 5.28. The zero-order valence-electron chi connectivity index (χ0n) is 23.1. The topological polar surface area (TPSA) is 150 Å². The average Bonchev–Trinajstić information content (AvgIpc) is 3.17. The van der Waals surface area contributed by atoms with E-state index in [1.165, 1.54) is 12.3 Å². The maximum atomic E-state index is 12.4. The van der Waals surface area contributed by atoms with Crippen molar-refractivity contribution in [2.24, 2.45) is 28.6 Å². The van der Waals surface area contributed by atoms with Crippen LogP contribution in [0.5, 0.6) is 0 Å². The molecule has 6 rings (SSSR count). The molecule has 5 fully saturated rings. The fraction of sp³-hybridized carbons (Fsp3) is 0.833. The quantitative estimate of drug-likeness (QED) is 0.358. The highest BCUT2D eigenvalue weighted by atomic mass is 16.7. The summed E-state index contributed by atoms with van der Waals surface area (Å²) in [6, 6.07) is 3.24. The van der Waals surface area contributed by atoms with Gasteiger partial charge >= 0.3 is 5.63 Å². The average molecular weight is 549 g/mol. The molecule has 0 radical (unpaired) electrons. The largest absolute Gasteiger partial charge is 0.431 e. The summed E-state index contributed by atoms with van der Waals surface area (Å²) >= 11 is 0. The molecule has 39 heavy (non-hydrogen) atoms.